The highest BCUT2D eigenvalue weighted by atomic mass is 16.6. The molecule has 24 heavy (non-hydrogen) atoms. The van der Waals surface area contributed by atoms with E-state index in [1.807, 2.05) is 24.3 Å². The van der Waals surface area contributed by atoms with E-state index in [2.05, 4.69) is 26.8 Å². The van der Waals surface area contributed by atoms with E-state index in [-0.39, 0.29) is 34.7 Å². The Bertz CT molecular complexity index is 700. The second kappa shape index (κ2) is 5.11. The molecule has 0 unspecified atom stereocenters. The first kappa shape index (κ1) is 15.7. The highest BCUT2D eigenvalue weighted by molar-refractivity contribution is 5.79. The largest absolute Gasteiger partial charge is 0.497 e. The predicted octanol–water partition coefficient (Wildman–Crippen LogP) is 4.68. The summed E-state index contributed by atoms with van der Waals surface area (Å²) < 4.78 is 11.1. The average molecular weight is 326 g/mol. The Labute approximate surface area is 144 Å². The van der Waals surface area contributed by atoms with Crippen LogP contribution in [0.5, 0.6) is 5.75 Å². The fourth-order valence-corrected chi connectivity index (χ4v) is 5.46. The van der Waals surface area contributed by atoms with Crippen LogP contribution in [0.25, 0.3) is 0 Å². The third-order valence-corrected chi connectivity index (χ3v) is 6.60. The van der Waals surface area contributed by atoms with Crippen LogP contribution >= 0.6 is 0 Å². The van der Waals surface area contributed by atoms with Crippen molar-refractivity contribution in [3.63, 3.8) is 0 Å². The van der Waals surface area contributed by atoms with Gasteiger partial charge in [0.25, 0.3) is 0 Å². The Morgan fingerprint density at radius 2 is 1.83 bits per heavy atom. The van der Waals surface area contributed by atoms with Crippen molar-refractivity contribution in [2.45, 2.75) is 46.1 Å². The summed E-state index contributed by atoms with van der Waals surface area (Å²) >= 11 is 0. The molecule has 0 N–H and O–H groups in total. The molecule has 3 heteroatoms. The van der Waals surface area contributed by atoms with Crippen LogP contribution in [0.4, 0.5) is 0 Å². The molecule has 0 spiro atoms. The molecule has 128 valence electrons. The topological polar surface area (TPSA) is 35.5 Å². The Kier molecular flexibility index (Phi) is 3.35. The monoisotopic (exact) mass is 326 g/mol. The van der Waals surface area contributed by atoms with Gasteiger partial charge < -0.3 is 9.47 Å². The van der Waals surface area contributed by atoms with Gasteiger partial charge in [0, 0.05) is 5.92 Å². The van der Waals surface area contributed by atoms with Gasteiger partial charge in [-0.25, -0.2) is 0 Å². The highest BCUT2D eigenvalue weighted by Gasteiger charge is 2.61. The molecule has 4 rings (SSSR count). The van der Waals surface area contributed by atoms with Crippen molar-refractivity contribution < 1.29 is 14.3 Å². The van der Waals surface area contributed by atoms with Gasteiger partial charge in [-0.3, -0.25) is 4.79 Å². The number of carbonyl (C=O) groups excluding carboxylic acids is 1. The number of carbonyl (C=O) groups is 1. The Hall–Kier alpha value is -1.77. The van der Waals surface area contributed by atoms with Crippen LogP contribution in [0.1, 0.15) is 51.7 Å². The summed E-state index contributed by atoms with van der Waals surface area (Å²) in [6.45, 7) is 7.00. The second-order valence-corrected chi connectivity index (χ2v) is 8.42. The summed E-state index contributed by atoms with van der Waals surface area (Å²) in [6.07, 6.45) is 5.66. The van der Waals surface area contributed by atoms with Gasteiger partial charge in [-0.05, 0) is 41.4 Å². The fraction of sp³-hybridized carbons (Fsp3) is 0.571. The summed E-state index contributed by atoms with van der Waals surface area (Å²) in [4.78, 5) is 12.6. The molecule has 3 nitrogen and oxygen atoms in total. The van der Waals surface area contributed by atoms with Gasteiger partial charge in [0.2, 0.25) is 0 Å². The second-order valence-electron chi connectivity index (χ2n) is 8.42. The van der Waals surface area contributed by atoms with Crippen LogP contribution in [0.15, 0.2) is 35.9 Å². The summed E-state index contributed by atoms with van der Waals surface area (Å²) in [7, 11) is 1.67. The number of cyclic esters (lactones) is 1. The zero-order valence-electron chi connectivity index (χ0n) is 15.0. The van der Waals surface area contributed by atoms with Crippen molar-refractivity contribution in [2.75, 3.05) is 7.11 Å². The van der Waals surface area contributed by atoms with E-state index >= 15 is 0 Å². The number of ether oxygens (including phenoxy) is 2. The first-order valence-corrected chi connectivity index (χ1v) is 8.94. The number of fused-ring (bicyclic) bond motifs is 3. The minimum atomic E-state index is -0.152. The van der Waals surface area contributed by atoms with Gasteiger partial charge in [0.05, 0.1) is 13.0 Å². The Morgan fingerprint density at radius 3 is 2.50 bits per heavy atom. The lowest BCUT2D eigenvalue weighted by Crippen LogP contribution is -2.38. The lowest BCUT2D eigenvalue weighted by molar-refractivity contribution is -0.143. The standard InChI is InChI=1S/C21H26O3/c1-20(2)10-5-11-21(3)16(20)12-15-17(21)18(24-19(15)22)13-6-8-14(23-4)9-7-13/h6-9,12,15,17-18H,5,10-11H2,1-4H3/t15-,17+,18-,21+/m1/s1. The number of esters is 1. The van der Waals surface area contributed by atoms with E-state index in [9.17, 15) is 4.79 Å². The van der Waals surface area contributed by atoms with Crippen LogP contribution in [0.3, 0.4) is 0 Å². The number of rotatable bonds is 2. The molecule has 1 aromatic rings. The molecule has 2 fully saturated rings. The molecule has 3 aliphatic rings. The molecule has 1 heterocycles. The maximum Gasteiger partial charge on any atom is 0.313 e. The van der Waals surface area contributed by atoms with E-state index in [1.54, 1.807) is 7.11 Å². The van der Waals surface area contributed by atoms with E-state index in [1.165, 1.54) is 18.4 Å². The van der Waals surface area contributed by atoms with Crippen molar-refractivity contribution in [2.24, 2.45) is 22.7 Å². The molecular formula is C21H26O3. The number of benzene rings is 1. The molecular weight excluding hydrogens is 300 g/mol. The molecule has 0 amide bonds. The molecule has 0 aromatic heterocycles. The summed E-state index contributed by atoms with van der Waals surface area (Å²) in [5.41, 5.74) is 2.80. The maximum atomic E-state index is 12.6. The highest BCUT2D eigenvalue weighted by Crippen LogP contribution is 2.65. The minimum absolute atomic E-state index is 0.0558. The van der Waals surface area contributed by atoms with E-state index in [4.69, 9.17) is 9.47 Å². The van der Waals surface area contributed by atoms with Crippen molar-refractivity contribution >= 4 is 5.97 Å². The van der Waals surface area contributed by atoms with E-state index in [0.717, 1.165) is 17.7 Å². The molecule has 2 aliphatic carbocycles. The zero-order chi connectivity index (χ0) is 17.1. The first-order chi connectivity index (χ1) is 11.4. The number of allylic oxidation sites excluding steroid dienone is 1. The SMILES string of the molecule is COc1ccc([C@H]2OC(=O)[C@@H]3C=C4C(C)(C)CCC[C@]4(C)[C@H]23)cc1. The lowest BCUT2D eigenvalue weighted by atomic mass is 9.57. The van der Waals surface area contributed by atoms with Gasteiger partial charge in [0.15, 0.2) is 0 Å². The summed E-state index contributed by atoms with van der Waals surface area (Å²) in [5.74, 6) is 0.900. The van der Waals surface area contributed by atoms with Crippen LogP contribution in [-0.4, -0.2) is 13.1 Å². The minimum Gasteiger partial charge on any atom is -0.497 e. The van der Waals surface area contributed by atoms with Crippen molar-refractivity contribution in [1.29, 1.82) is 0 Å². The van der Waals surface area contributed by atoms with E-state index in [0.29, 0.717) is 0 Å². The molecule has 1 saturated heterocycles. The Balaban J connectivity index is 1.74. The van der Waals surface area contributed by atoms with Gasteiger partial charge >= 0.3 is 5.97 Å². The predicted molar refractivity (Wildman–Crippen MR) is 92.6 cm³/mol. The van der Waals surface area contributed by atoms with Crippen molar-refractivity contribution in [3.8, 4) is 5.75 Å². The Morgan fingerprint density at radius 1 is 1.12 bits per heavy atom. The molecule has 1 saturated carbocycles. The van der Waals surface area contributed by atoms with Crippen molar-refractivity contribution in [1.82, 2.24) is 0 Å². The molecule has 0 radical (unpaired) electrons. The molecule has 1 aromatic carbocycles. The summed E-state index contributed by atoms with van der Waals surface area (Å²) in [5, 5.41) is 0. The van der Waals surface area contributed by atoms with Crippen LogP contribution < -0.4 is 4.74 Å². The average Bonchev–Trinajstić information content (AvgIpc) is 3.04. The zero-order valence-corrected chi connectivity index (χ0v) is 15.0. The fourth-order valence-electron chi connectivity index (χ4n) is 5.46. The quantitative estimate of drug-likeness (QED) is 0.584. The normalized spacial score (nSPS) is 36.6. The lowest BCUT2D eigenvalue weighted by Gasteiger charge is -2.47. The maximum absolute atomic E-state index is 12.6. The van der Waals surface area contributed by atoms with Crippen molar-refractivity contribution in [3.05, 3.63) is 41.5 Å². The van der Waals surface area contributed by atoms with E-state index < -0.39 is 0 Å². The van der Waals surface area contributed by atoms with Gasteiger partial charge in [0.1, 0.15) is 11.9 Å². The molecule has 1 aliphatic heterocycles. The van der Waals surface area contributed by atoms with Crippen LogP contribution in [0.2, 0.25) is 0 Å². The number of hydrogen-bond donors (Lipinski definition) is 0. The van der Waals surface area contributed by atoms with Crippen LogP contribution in [0, 0.1) is 22.7 Å². The van der Waals surface area contributed by atoms with Gasteiger partial charge in [-0.1, -0.05) is 51.0 Å². The van der Waals surface area contributed by atoms with Crippen LogP contribution in [-0.2, 0) is 9.53 Å². The molecule has 0 bridgehead atoms. The number of methoxy groups -OCH3 is 1. The van der Waals surface area contributed by atoms with Gasteiger partial charge in [-0.15, -0.1) is 0 Å². The van der Waals surface area contributed by atoms with Gasteiger partial charge in [-0.2, -0.15) is 0 Å². The third-order valence-electron chi connectivity index (χ3n) is 6.60. The summed E-state index contributed by atoms with van der Waals surface area (Å²) in [6, 6.07) is 7.98. The third kappa shape index (κ3) is 2.06. The first-order valence-electron chi connectivity index (χ1n) is 8.94. The molecule has 4 atom stereocenters. The number of hydrogen-bond acceptors (Lipinski definition) is 3. The smallest absolute Gasteiger partial charge is 0.313 e.